The van der Waals surface area contributed by atoms with Crippen molar-refractivity contribution < 1.29 is 13.9 Å². The fourth-order valence-corrected chi connectivity index (χ4v) is 7.85. The van der Waals surface area contributed by atoms with Gasteiger partial charge in [-0.2, -0.15) is 0 Å². The van der Waals surface area contributed by atoms with Crippen LogP contribution in [0.5, 0.6) is 5.75 Å². The molecule has 2 aromatic heterocycles. The van der Waals surface area contributed by atoms with E-state index in [9.17, 15) is 4.79 Å². The summed E-state index contributed by atoms with van der Waals surface area (Å²) in [4.78, 5) is 21.0. The molecular weight excluding hydrogens is 469 g/mol. The van der Waals surface area contributed by atoms with Gasteiger partial charge in [0.05, 0.1) is 29.0 Å². The largest absolute Gasteiger partial charge is 0.497 e. The van der Waals surface area contributed by atoms with Gasteiger partial charge in [-0.05, 0) is 44.2 Å². The van der Waals surface area contributed by atoms with Crippen LogP contribution in [0.4, 0.5) is 5.69 Å². The summed E-state index contributed by atoms with van der Waals surface area (Å²) in [6.07, 6.45) is 0. The zero-order valence-corrected chi connectivity index (χ0v) is 20.3. The van der Waals surface area contributed by atoms with Gasteiger partial charge in [-0.3, -0.25) is 4.79 Å². The first-order chi connectivity index (χ1) is 14.9. The Hall–Kier alpha value is -2.20. The van der Waals surface area contributed by atoms with Crippen LogP contribution < -0.4 is 9.64 Å². The van der Waals surface area contributed by atoms with Gasteiger partial charge in [-0.1, -0.05) is 56.8 Å². The third-order valence-electron chi connectivity index (χ3n) is 5.30. The number of aromatic nitrogens is 1. The number of anilines is 1. The van der Waals surface area contributed by atoms with E-state index in [1.165, 1.54) is 11.8 Å². The highest BCUT2D eigenvalue weighted by molar-refractivity contribution is 7.99. The standard InChI is InChI=1S/C22H18N2O3S4/c1-22(2)19-18(20(28)31-30-19)13-10-12(26-3)8-9-15(13)24(22)17(25)11-29-21-23-14-6-4-5-7-16(14)27-21/h4-10H,11H2,1-3H3. The Morgan fingerprint density at radius 1 is 1.26 bits per heavy atom. The van der Waals surface area contributed by atoms with E-state index in [1.54, 1.807) is 27.8 Å². The molecule has 5 nitrogen and oxygen atoms in total. The molecule has 1 aliphatic heterocycles. The number of hydrogen-bond donors (Lipinski definition) is 0. The number of carbonyl (C=O) groups excluding carboxylic acids is 1. The van der Waals surface area contributed by atoms with Gasteiger partial charge < -0.3 is 14.1 Å². The number of rotatable bonds is 4. The molecule has 0 radical (unpaired) electrons. The highest BCUT2D eigenvalue weighted by atomic mass is 32.9. The van der Waals surface area contributed by atoms with Gasteiger partial charge in [-0.15, -0.1) is 0 Å². The Morgan fingerprint density at radius 2 is 2.06 bits per heavy atom. The normalized spacial score (nSPS) is 14.4. The second-order valence-corrected chi connectivity index (χ2v) is 11.3. The molecule has 0 aliphatic carbocycles. The predicted octanol–water partition coefficient (Wildman–Crippen LogP) is 6.73. The molecule has 0 N–H and O–H groups in total. The average molecular weight is 487 g/mol. The molecule has 158 valence electrons. The Kier molecular flexibility index (Phi) is 5.16. The zero-order valence-electron chi connectivity index (χ0n) is 17.0. The number of thioether (sulfide) groups is 1. The van der Waals surface area contributed by atoms with Crippen LogP contribution in [0.15, 0.2) is 52.1 Å². The monoisotopic (exact) mass is 486 g/mol. The van der Waals surface area contributed by atoms with E-state index in [-0.39, 0.29) is 11.7 Å². The number of oxazole rings is 1. The smallest absolute Gasteiger partial charge is 0.257 e. The molecule has 5 rings (SSSR count). The van der Waals surface area contributed by atoms with Crippen LogP contribution in [0.25, 0.3) is 22.2 Å². The van der Waals surface area contributed by atoms with Crippen LogP contribution in [-0.2, 0) is 10.3 Å². The van der Waals surface area contributed by atoms with Crippen LogP contribution in [0, 0.1) is 3.82 Å². The van der Waals surface area contributed by atoms with Crippen molar-refractivity contribution in [3.05, 3.63) is 51.2 Å². The lowest BCUT2D eigenvalue weighted by atomic mass is 9.87. The summed E-state index contributed by atoms with van der Waals surface area (Å²) in [5.74, 6) is 0.939. The lowest BCUT2D eigenvalue weighted by Crippen LogP contribution is -2.48. The fourth-order valence-electron chi connectivity index (χ4n) is 3.88. The van der Waals surface area contributed by atoms with Crippen molar-refractivity contribution in [2.45, 2.75) is 24.6 Å². The summed E-state index contributed by atoms with van der Waals surface area (Å²) in [5, 5.41) is 0.492. The van der Waals surface area contributed by atoms with Gasteiger partial charge in [0.2, 0.25) is 5.91 Å². The minimum absolute atomic E-state index is 0.0151. The number of hydrogen-bond acceptors (Lipinski definition) is 8. The molecule has 0 saturated heterocycles. The van der Waals surface area contributed by atoms with Crippen LogP contribution in [0.1, 0.15) is 18.7 Å². The summed E-state index contributed by atoms with van der Waals surface area (Å²) < 4.78 is 12.1. The van der Waals surface area contributed by atoms with E-state index < -0.39 is 5.54 Å². The zero-order chi connectivity index (χ0) is 21.8. The maximum Gasteiger partial charge on any atom is 0.257 e. The van der Waals surface area contributed by atoms with E-state index in [0.29, 0.717) is 5.22 Å². The van der Waals surface area contributed by atoms with Crippen molar-refractivity contribution in [1.29, 1.82) is 0 Å². The molecule has 0 atom stereocenters. The summed E-state index contributed by atoms with van der Waals surface area (Å²) in [6, 6.07) is 13.4. The molecule has 0 saturated carbocycles. The highest BCUT2D eigenvalue weighted by Gasteiger charge is 2.43. The van der Waals surface area contributed by atoms with Gasteiger partial charge in [0.25, 0.3) is 5.22 Å². The van der Waals surface area contributed by atoms with Crippen molar-refractivity contribution in [1.82, 2.24) is 4.98 Å². The van der Waals surface area contributed by atoms with E-state index in [2.05, 4.69) is 18.8 Å². The van der Waals surface area contributed by atoms with Crippen molar-refractivity contribution in [3.63, 3.8) is 0 Å². The third-order valence-corrected chi connectivity index (χ3v) is 9.45. The van der Waals surface area contributed by atoms with Gasteiger partial charge in [0.1, 0.15) is 15.1 Å². The number of amides is 1. The molecule has 0 unspecified atom stereocenters. The second kappa shape index (κ2) is 7.74. The van der Waals surface area contributed by atoms with Gasteiger partial charge in [-0.25, -0.2) is 4.98 Å². The fraction of sp³-hybridized carbons (Fsp3) is 0.227. The first-order valence-corrected chi connectivity index (χ1v) is 13.1. The number of benzene rings is 2. The molecule has 1 aliphatic rings. The first-order valence-electron chi connectivity index (χ1n) is 9.53. The molecule has 0 bridgehead atoms. The Labute approximate surface area is 196 Å². The topological polar surface area (TPSA) is 55.6 Å². The van der Waals surface area contributed by atoms with E-state index >= 15 is 0 Å². The molecule has 9 heteroatoms. The number of carbonyl (C=O) groups is 1. The third kappa shape index (κ3) is 3.40. The number of para-hydroxylation sites is 2. The number of nitrogens with zero attached hydrogens (tertiary/aromatic N) is 2. The van der Waals surface area contributed by atoms with Crippen LogP contribution in [0.2, 0.25) is 0 Å². The molecule has 4 aromatic rings. The number of ether oxygens (including phenoxy) is 1. The van der Waals surface area contributed by atoms with Crippen LogP contribution >= 0.6 is 44.7 Å². The maximum absolute atomic E-state index is 13.5. The minimum atomic E-state index is -0.520. The SMILES string of the molecule is COc1ccc2c(c1)-c1c(ssc1=S)C(C)(C)N2C(=O)CSc1nc2ccccc2o1. The summed E-state index contributed by atoms with van der Waals surface area (Å²) in [5.41, 5.74) is 3.81. The Morgan fingerprint density at radius 3 is 2.84 bits per heavy atom. The Bertz CT molecular complexity index is 1340. The molecule has 2 aromatic carbocycles. The summed E-state index contributed by atoms with van der Waals surface area (Å²) in [6.45, 7) is 4.14. The van der Waals surface area contributed by atoms with Gasteiger partial charge in [0.15, 0.2) is 5.58 Å². The van der Waals surface area contributed by atoms with Crippen molar-refractivity contribution >= 4 is 67.4 Å². The predicted molar refractivity (Wildman–Crippen MR) is 130 cm³/mol. The summed E-state index contributed by atoms with van der Waals surface area (Å²) >= 11 is 6.95. The van der Waals surface area contributed by atoms with Crippen molar-refractivity contribution in [2.75, 3.05) is 17.8 Å². The van der Waals surface area contributed by atoms with Crippen molar-refractivity contribution in [3.8, 4) is 16.9 Å². The van der Waals surface area contributed by atoms with Crippen LogP contribution in [-0.4, -0.2) is 23.8 Å². The first kappa shape index (κ1) is 20.7. The number of methoxy groups -OCH3 is 1. The van der Waals surface area contributed by atoms with E-state index in [1.807, 2.05) is 47.4 Å². The summed E-state index contributed by atoms with van der Waals surface area (Å²) in [7, 11) is 4.85. The van der Waals surface area contributed by atoms with Gasteiger partial charge in [0, 0.05) is 11.1 Å². The van der Waals surface area contributed by atoms with E-state index in [4.69, 9.17) is 21.4 Å². The van der Waals surface area contributed by atoms with Gasteiger partial charge >= 0.3 is 0 Å². The molecular formula is C22H18N2O3S4. The highest BCUT2D eigenvalue weighted by Crippen LogP contribution is 2.53. The molecule has 0 spiro atoms. The van der Waals surface area contributed by atoms with Crippen LogP contribution in [0.3, 0.4) is 0 Å². The average Bonchev–Trinajstić information content (AvgIpc) is 3.35. The lowest BCUT2D eigenvalue weighted by Gasteiger charge is -2.43. The molecule has 1 amide bonds. The maximum atomic E-state index is 13.5. The molecule has 3 heterocycles. The number of fused-ring (bicyclic) bond motifs is 4. The Balaban J connectivity index is 1.52. The van der Waals surface area contributed by atoms with Crippen molar-refractivity contribution in [2.24, 2.45) is 0 Å². The quantitative estimate of drug-likeness (QED) is 0.181. The molecule has 0 fully saturated rings. The molecule has 31 heavy (non-hydrogen) atoms. The second-order valence-electron chi connectivity index (χ2n) is 7.57. The lowest BCUT2D eigenvalue weighted by molar-refractivity contribution is -0.117. The minimum Gasteiger partial charge on any atom is -0.497 e. The van der Waals surface area contributed by atoms with E-state index in [0.717, 1.165) is 42.4 Å².